The fourth-order valence-corrected chi connectivity index (χ4v) is 2.65. The van der Waals surface area contributed by atoms with E-state index in [1.165, 1.54) is 6.07 Å². The van der Waals surface area contributed by atoms with E-state index in [1.54, 1.807) is 12.1 Å². The third kappa shape index (κ3) is 3.48. The van der Waals surface area contributed by atoms with Gasteiger partial charge in [0.15, 0.2) is 0 Å². The van der Waals surface area contributed by atoms with Crippen LogP contribution < -0.4 is 10.6 Å². The van der Waals surface area contributed by atoms with Crippen LogP contribution in [0.3, 0.4) is 0 Å². The van der Waals surface area contributed by atoms with E-state index in [0.29, 0.717) is 12.3 Å². The van der Waals surface area contributed by atoms with E-state index in [2.05, 4.69) is 4.90 Å². The van der Waals surface area contributed by atoms with Gasteiger partial charge >= 0.3 is 0 Å². The number of hydrogen-bond donors (Lipinski definition) is 1. The predicted molar refractivity (Wildman–Crippen MR) is 76.6 cm³/mol. The van der Waals surface area contributed by atoms with E-state index >= 15 is 0 Å². The molecule has 0 bridgehead atoms. The fourth-order valence-electron chi connectivity index (χ4n) is 2.65. The SMILES string of the molecule is N#Cc1cc(N2CCC(CC(N)=O)CC2)ccc1[N+](=O)[O-]. The minimum atomic E-state index is -0.554. The number of nitro benzene ring substituents is 1. The summed E-state index contributed by atoms with van der Waals surface area (Å²) in [5.41, 5.74) is 5.89. The molecular weight excluding hydrogens is 272 g/mol. The maximum absolute atomic E-state index is 10.9. The molecule has 0 aromatic heterocycles. The van der Waals surface area contributed by atoms with Gasteiger partial charge in [-0.1, -0.05) is 0 Å². The van der Waals surface area contributed by atoms with Gasteiger partial charge in [-0.25, -0.2) is 0 Å². The Balaban J connectivity index is 2.09. The lowest BCUT2D eigenvalue weighted by atomic mass is 9.93. The van der Waals surface area contributed by atoms with Crippen molar-refractivity contribution in [3.63, 3.8) is 0 Å². The zero-order valence-corrected chi connectivity index (χ0v) is 11.5. The largest absolute Gasteiger partial charge is 0.371 e. The van der Waals surface area contributed by atoms with Crippen LogP contribution in [-0.2, 0) is 4.79 Å². The zero-order valence-electron chi connectivity index (χ0n) is 11.5. The minimum Gasteiger partial charge on any atom is -0.371 e. The van der Waals surface area contributed by atoms with Gasteiger partial charge in [-0.2, -0.15) is 5.26 Å². The maximum Gasteiger partial charge on any atom is 0.287 e. The highest BCUT2D eigenvalue weighted by atomic mass is 16.6. The molecule has 1 saturated heterocycles. The molecule has 0 aliphatic carbocycles. The molecule has 2 rings (SSSR count). The highest BCUT2D eigenvalue weighted by Gasteiger charge is 2.22. The second-order valence-electron chi connectivity index (χ2n) is 5.17. The molecule has 2 N–H and O–H groups in total. The molecule has 1 aliphatic heterocycles. The Morgan fingerprint density at radius 3 is 2.67 bits per heavy atom. The van der Waals surface area contributed by atoms with Crippen LogP contribution >= 0.6 is 0 Å². The summed E-state index contributed by atoms with van der Waals surface area (Å²) in [5.74, 6) is 0.0165. The van der Waals surface area contributed by atoms with E-state index in [0.717, 1.165) is 31.6 Å². The van der Waals surface area contributed by atoms with Gasteiger partial charge in [0.2, 0.25) is 5.91 Å². The van der Waals surface area contributed by atoms with E-state index in [9.17, 15) is 14.9 Å². The Morgan fingerprint density at radius 2 is 2.14 bits per heavy atom. The number of primary amides is 1. The monoisotopic (exact) mass is 288 g/mol. The van der Waals surface area contributed by atoms with Crippen LogP contribution in [0.4, 0.5) is 11.4 Å². The van der Waals surface area contributed by atoms with Crippen LogP contribution in [0.1, 0.15) is 24.8 Å². The number of carbonyl (C=O) groups is 1. The van der Waals surface area contributed by atoms with Crippen molar-refractivity contribution in [1.29, 1.82) is 5.26 Å². The zero-order chi connectivity index (χ0) is 15.4. The van der Waals surface area contributed by atoms with Crippen LogP contribution in [-0.4, -0.2) is 23.9 Å². The highest BCUT2D eigenvalue weighted by Crippen LogP contribution is 2.28. The first kappa shape index (κ1) is 14.8. The quantitative estimate of drug-likeness (QED) is 0.667. The lowest BCUT2D eigenvalue weighted by Crippen LogP contribution is -2.35. The Hall–Kier alpha value is -2.62. The molecule has 21 heavy (non-hydrogen) atoms. The van der Waals surface area contributed by atoms with Crippen molar-refractivity contribution in [3.8, 4) is 6.07 Å². The molecular formula is C14H16N4O3. The molecule has 1 aromatic carbocycles. The van der Waals surface area contributed by atoms with E-state index in [4.69, 9.17) is 11.0 Å². The second-order valence-corrected chi connectivity index (χ2v) is 5.17. The van der Waals surface area contributed by atoms with Gasteiger partial charge in [0, 0.05) is 31.3 Å². The van der Waals surface area contributed by atoms with Gasteiger partial charge in [-0.15, -0.1) is 0 Å². The van der Waals surface area contributed by atoms with Gasteiger partial charge in [0.05, 0.1) is 4.92 Å². The van der Waals surface area contributed by atoms with Gasteiger partial charge in [0.25, 0.3) is 5.69 Å². The van der Waals surface area contributed by atoms with Crippen molar-refractivity contribution in [2.24, 2.45) is 11.7 Å². The third-order valence-corrected chi connectivity index (χ3v) is 3.77. The number of nitrogens with two attached hydrogens (primary N) is 1. The van der Waals surface area contributed by atoms with Crippen molar-refractivity contribution in [2.75, 3.05) is 18.0 Å². The van der Waals surface area contributed by atoms with Crippen LogP contribution in [0, 0.1) is 27.4 Å². The molecule has 1 heterocycles. The topological polar surface area (TPSA) is 113 Å². The van der Waals surface area contributed by atoms with E-state index < -0.39 is 4.92 Å². The van der Waals surface area contributed by atoms with E-state index in [-0.39, 0.29) is 17.2 Å². The van der Waals surface area contributed by atoms with Gasteiger partial charge < -0.3 is 10.6 Å². The Kier molecular flexibility index (Phi) is 4.38. The Morgan fingerprint density at radius 1 is 1.48 bits per heavy atom. The van der Waals surface area contributed by atoms with Gasteiger partial charge in [-0.3, -0.25) is 14.9 Å². The summed E-state index contributed by atoms with van der Waals surface area (Å²) >= 11 is 0. The number of anilines is 1. The summed E-state index contributed by atoms with van der Waals surface area (Å²) < 4.78 is 0. The number of piperidine rings is 1. The molecule has 0 saturated carbocycles. The minimum absolute atomic E-state index is 0.0664. The number of hydrogen-bond acceptors (Lipinski definition) is 5. The average Bonchev–Trinajstić information content (AvgIpc) is 2.46. The Labute approximate surface area is 122 Å². The summed E-state index contributed by atoms with van der Waals surface area (Å²) in [7, 11) is 0. The van der Waals surface area contributed by atoms with Crippen LogP contribution in [0.5, 0.6) is 0 Å². The molecule has 0 radical (unpaired) electrons. The normalized spacial score (nSPS) is 15.5. The van der Waals surface area contributed by atoms with Crippen LogP contribution in [0.15, 0.2) is 18.2 Å². The number of rotatable bonds is 4. The highest BCUT2D eigenvalue weighted by molar-refractivity contribution is 5.74. The predicted octanol–water partition coefficient (Wildman–Crippen LogP) is 1.56. The molecule has 0 atom stereocenters. The number of nitriles is 1. The summed E-state index contributed by atoms with van der Waals surface area (Å²) in [6, 6.07) is 6.43. The molecule has 1 aliphatic rings. The lowest BCUT2D eigenvalue weighted by Gasteiger charge is -2.33. The van der Waals surface area contributed by atoms with Crippen LogP contribution in [0.25, 0.3) is 0 Å². The van der Waals surface area contributed by atoms with Gasteiger partial charge in [0.1, 0.15) is 11.6 Å². The number of benzene rings is 1. The molecule has 0 spiro atoms. The van der Waals surface area contributed by atoms with Crippen molar-refractivity contribution in [3.05, 3.63) is 33.9 Å². The average molecular weight is 288 g/mol. The molecule has 7 heteroatoms. The summed E-state index contributed by atoms with van der Waals surface area (Å²) in [6.45, 7) is 1.50. The van der Waals surface area contributed by atoms with Crippen molar-refractivity contribution < 1.29 is 9.72 Å². The van der Waals surface area contributed by atoms with Crippen molar-refractivity contribution in [2.45, 2.75) is 19.3 Å². The number of nitrogens with zero attached hydrogens (tertiary/aromatic N) is 3. The summed E-state index contributed by atoms with van der Waals surface area (Å²) in [5, 5.41) is 19.8. The molecule has 1 fully saturated rings. The van der Waals surface area contributed by atoms with Crippen molar-refractivity contribution in [1.82, 2.24) is 0 Å². The molecule has 0 unspecified atom stereocenters. The first-order valence-corrected chi connectivity index (χ1v) is 6.73. The molecule has 110 valence electrons. The lowest BCUT2D eigenvalue weighted by molar-refractivity contribution is -0.385. The summed E-state index contributed by atoms with van der Waals surface area (Å²) in [6.07, 6.45) is 2.10. The molecule has 1 amide bonds. The number of nitro groups is 1. The van der Waals surface area contributed by atoms with Crippen molar-refractivity contribution >= 4 is 17.3 Å². The maximum atomic E-state index is 10.9. The molecule has 1 aromatic rings. The fraction of sp³-hybridized carbons (Fsp3) is 0.429. The first-order valence-electron chi connectivity index (χ1n) is 6.73. The van der Waals surface area contributed by atoms with Crippen LogP contribution in [0.2, 0.25) is 0 Å². The number of carbonyl (C=O) groups excluding carboxylic acids is 1. The smallest absolute Gasteiger partial charge is 0.287 e. The van der Waals surface area contributed by atoms with Gasteiger partial charge in [-0.05, 0) is 30.9 Å². The molecule has 7 nitrogen and oxygen atoms in total. The van der Waals surface area contributed by atoms with E-state index in [1.807, 2.05) is 6.07 Å². The number of amides is 1. The summed E-state index contributed by atoms with van der Waals surface area (Å²) in [4.78, 5) is 23.2. The Bertz CT molecular complexity index is 601. The second kappa shape index (κ2) is 6.22. The first-order chi connectivity index (χ1) is 10.0. The third-order valence-electron chi connectivity index (χ3n) is 3.77. The standard InChI is InChI=1S/C14H16N4O3/c15-9-11-8-12(1-2-13(11)18(20)21)17-5-3-10(4-6-17)7-14(16)19/h1-2,8,10H,3-7H2,(H2,16,19).